The molecule has 0 aliphatic carbocycles. The first-order valence-corrected chi connectivity index (χ1v) is 5.91. The van der Waals surface area contributed by atoms with E-state index in [1.165, 1.54) is 6.07 Å². The lowest BCUT2D eigenvalue weighted by atomic mass is 10.2. The molecule has 0 radical (unpaired) electrons. The first kappa shape index (κ1) is 11.6. The maximum absolute atomic E-state index is 10.9. The van der Waals surface area contributed by atoms with Gasteiger partial charge in [0.15, 0.2) is 0 Å². The summed E-state index contributed by atoms with van der Waals surface area (Å²) in [4.78, 5) is 15.2. The van der Waals surface area contributed by atoms with Crippen LogP contribution in [0.25, 0.3) is 0 Å². The van der Waals surface area contributed by atoms with Gasteiger partial charge >= 0.3 is 5.97 Å². The number of nitrogens with zero attached hydrogens (tertiary/aromatic N) is 1. The third kappa shape index (κ3) is 2.82. The van der Waals surface area contributed by atoms with E-state index >= 15 is 0 Å². The maximum atomic E-state index is 10.9. The Morgan fingerprint density at radius 3 is 2.88 bits per heavy atom. The van der Waals surface area contributed by atoms with Crippen molar-refractivity contribution >= 4 is 17.3 Å². The fourth-order valence-electron chi connectivity index (χ4n) is 1.40. The average molecular weight is 249 g/mol. The van der Waals surface area contributed by atoms with Crippen LogP contribution < -0.4 is 4.74 Å². The summed E-state index contributed by atoms with van der Waals surface area (Å²) in [6.07, 6.45) is 0. The summed E-state index contributed by atoms with van der Waals surface area (Å²) in [5.41, 5.74) is 0.979. The Morgan fingerprint density at radius 2 is 2.24 bits per heavy atom. The first-order chi connectivity index (χ1) is 8.16. The van der Waals surface area contributed by atoms with Crippen molar-refractivity contribution in [2.45, 2.75) is 13.5 Å². The van der Waals surface area contributed by atoms with Gasteiger partial charge in [0.2, 0.25) is 0 Å². The molecule has 1 aromatic heterocycles. The zero-order valence-corrected chi connectivity index (χ0v) is 10.0. The van der Waals surface area contributed by atoms with Gasteiger partial charge in [0.05, 0.1) is 10.7 Å². The van der Waals surface area contributed by atoms with E-state index in [0.29, 0.717) is 5.75 Å². The molecule has 1 heterocycles. The Hall–Kier alpha value is -1.88. The summed E-state index contributed by atoms with van der Waals surface area (Å²) in [6.45, 7) is 2.20. The van der Waals surface area contributed by atoms with Gasteiger partial charge in [0.25, 0.3) is 0 Å². The minimum absolute atomic E-state index is 0.166. The molecule has 0 aliphatic heterocycles. The predicted octanol–water partition coefficient (Wildman–Crippen LogP) is 2.73. The zero-order valence-electron chi connectivity index (χ0n) is 9.21. The highest BCUT2D eigenvalue weighted by molar-refractivity contribution is 7.09. The van der Waals surface area contributed by atoms with Crippen molar-refractivity contribution in [3.63, 3.8) is 0 Å². The average Bonchev–Trinajstić information content (AvgIpc) is 2.73. The summed E-state index contributed by atoms with van der Waals surface area (Å²) in [7, 11) is 0. The SMILES string of the molecule is Cc1nc(COc2ccccc2C(=O)O)cs1. The Bertz CT molecular complexity index is 536. The Kier molecular flexibility index (Phi) is 3.39. The molecule has 0 bridgehead atoms. The summed E-state index contributed by atoms with van der Waals surface area (Å²) < 4.78 is 5.46. The van der Waals surface area contributed by atoms with Crippen molar-refractivity contribution in [1.29, 1.82) is 0 Å². The molecule has 0 fully saturated rings. The summed E-state index contributed by atoms with van der Waals surface area (Å²) in [6, 6.07) is 6.57. The van der Waals surface area contributed by atoms with Gasteiger partial charge in [-0.1, -0.05) is 12.1 Å². The molecule has 1 aromatic carbocycles. The van der Waals surface area contributed by atoms with Crippen LogP contribution in [0.3, 0.4) is 0 Å². The lowest BCUT2D eigenvalue weighted by Crippen LogP contribution is -2.03. The van der Waals surface area contributed by atoms with Crippen LogP contribution in [0.4, 0.5) is 0 Å². The molecule has 2 aromatic rings. The molecule has 2 rings (SSSR count). The van der Waals surface area contributed by atoms with E-state index in [1.54, 1.807) is 29.5 Å². The number of thiazole rings is 1. The molecule has 0 amide bonds. The quantitative estimate of drug-likeness (QED) is 0.905. The van der Waals surface area contributed by atoms with Crippen LogP contribution in [0.2, 0.25) is 0 Å². The van der Waals surface area contributed by atoms with Crippen molar-refractivity contribution in [2.75, 3.05) is 0 Å². The molecule has 0 saturated heterocycles. The summed E-state index contributed by atoms with van der Waals surface area (Å²) in [5, 5.41) is 11.8. The van der Waals surface area contributed by atoms with E-state index in [1.807, 2.05) is 12.3 Å². The Morgan fingerprint density at radius 1 is 1.47 bits per heavy atom. The second-order valence-electron chi connectivity index (χ2n) is 3.45. The second kappa shape index (κ2) is 4.97. The van der Waals surface area contributed by atoms with E-state index in [-0.39, 0.29) is 12.2 Å². The number of carboxylic acids is 1. The van der Waals surface area contributed by atoms with Crippen LogP contribution in [0.1, 0.15) is 21.1 Å². The van der Waals surface area contributed by atoms with Crippen molar-refractivity contribution in [1.82, 2.24) is 4.98 Å². The third-order valence-electron chi connectivity index (χ3n) is 2.16. The molecule has 0 atom stereocenters. The first-order valence-electron chi connectivity index (χ1n) is 5.03. The van der Waals surface area contributed by atoms with Crippen LogP contribution in [0.15, 0.2) is 29.6 Å². The summed E-state index contributed by atoms with van der Waals surface area (Å²) >= 11 is 1.54. The molecule has 0 saturated carbocycles. The van der Waals surface area contributed by atoms with Gasteiger partial charge in [0, 0.05) is 5.38 Å². The number of ether oxygens (including phenoxy) is 1. The zero-order chi connectivity index (χ0) is 12.3. The number of rotatable bonds is 4. The molecule has 5 heteroatoms. The standard InChI is InChI=1S/C12H11NO3S/c1-8-13-9(7-17-8)6-16-11-5-3-2-4-10(11)12(14)15/h2-5,7H,6H2,1H3,(H,14,15). The highest BCUT2D eigenvalue weighted by Gasteiger charge is 2.10. The molecular weight excluding hydrogens is 238 g/mol. The number of hydrogen-bond donors (Lipinski definition) is 1. The lowest BCUT2D eigenvalue weighted by molar-refractivity contribution is 0.0691. The maximum Gasteiger partial charge on any atom is 0.339 e. The van der Waals surface area contributed by atoms with Crippen molar-refractivity contribution < 1.29 is 14.6 Å². The van der Waals surface area contributed by atoms with Crippen molar-refractivity contribution in [3.05, 3.63) is 45.9 Å². The van der Waals surface area contributed by atoms with Crippen LogP contribution in [0.5, 0.6) is 5.75 Å². The number of hydrogen-bond acceptors (Lipinski definition) is 4. The van der Waals surface area contributed by atoms with Gasteiger partial charge in [-0.2, -0.15) is 0 Å². The van der Waals surface area contributed by atoms with Gasteiger partial charge in [-0.25, -0.2) is 9.78 Å². The van der Waals surface area contributed by atoms with E-state index < -0.39 is 5.97 Å². The van der Waals surface area contributed by atoms with Gasteiger partial charge in [-0.05, 0) is 19.1 Å². The number of carbonyl (C=O) groups is 1. The number of aromatic carboxylic acids is 1. The molecule has 88 valence electrons. The van der Waals surface area contributed by atoms with Crippen molar-refractivity contribution in [3.8, 4) is 5.75 Å². The largest absolute Gasteiger partial charge is 0.486 e. The fourth-order valence-corrected chi connectivity index (χ4v) is 1.99. The topological polar surface area (TPSA) is 59.4 Å². The molecule has 17 heavy (non-hydrogen) atoms. The smallest absolute Gasteiger partial charge is 0.339 e. The molecule has 1 N–H and O–H groups in total. The van der Waals surface area contributed by atoms with Gasteiger partial charge in [0.1, 0.15) is 17.9 Å². The van der Waals surface area contributed by atoms with Gasteiger partial charge < -0.3 is 9.84 Å². The fraction of sp³-hybridized carbons (Fsp3) is 0.167. The Labute approximate surface area is 103 Å². The van der Waals surface area contributed by atoms with Crippen LogP contribution in [0, 0.1) is 6.92 Å². The molecule has 0 aliphatic rings. The summed E-state index contributed by atoms with van der Waals surface area (Å²) in [5.74, 6) is -0.624. The minimum atomic E-state index is -0.991. The number of aryl methyl sites for hydroxylation is 1. The highest BCUT2D eigenvalue weighted by atomic mass is 32.1. The molecule has 0 unspecified atom stereocenters. The lowest BCUT2D eigenvalue weighted by Gasteiger charge is -2.07. The monoisotopic (exact) mass is 249 g/mol. The van der Waals surface area contributed by atoms with E-state index in [0.717, 1.165) is 10.7 Å². The van der Waals surface area contributed by atoms with E-state index in [4.69, 9.17) is 9.84 Å². The highest BCUT2D eigenvalue weighted by Crippen LogP contribution is 2.19. The van der Waals surface area contributed by atoms with Crippen molar-refractivity contribution in [2.24, 2.45) is 0 Å². The third-order valence-corrected chi connectivity index (χ3v) is 2.98. The minimum Gasteiger partial charge on any atom is -0.486 e. The van der Waals surface area contributed by atoms with Gasteiger partial charge in [-0.15, -0.1) is 11.3 Å². The molecular formula is C12H11NO3S. The number of carboxylic acid groups (broad SMARTS) is 1. The van der Waals surface area contributed by atoms with Crippen LogP contribution in [-0.2, 0) is 6.61 Å². The number of para-hydroxylation sites is 1. The molecule has 4 nitrogen and oxygen atoms in total. The van der Waals surface area contributed by atoms with E-state index in [2.05, 4.69) is 4.98 Å². The number of benzene rings is 1. The van der Waals surface area contributed by atoms with Crippen LogP contribution >= 0.6 is 11.3 Å². The van der Waals surface area contributed by atoms with Gasteiger partial charge in [-0.3, -0.25) is 0 Å². The number of aromatic nitrogens is 1. The normalized spacial score (nSPS) is 10.2. The van der Waals surface area contributed by atoms with E-state index in [9.17, 15) is 4.79 Å². The van der Waals surface area contributed by atoms with Crippen LogP contribution in [-0.4, -0.2) is 16.1 Å². The second-order valence-corrected chi connectivity index (χ2v) is 4.51. The Balaban J connectivity index is 2.11. The molecule has 0 spiro atoms. The predicted molar refractivity (Wildman–Crippen MR) is 64.6 cm³/mol.